The van der Waals surface area contributed by atoms with Crippen LogP contribution >= 0.6 is 22.9 Å². The van der Waals surface area contributed by atoms with Crippen molar-refractivity contribution < 1.29 is 9.53 Å². The number of benzene rings is 1. The number of carbonyl (C=O) groups is 1. The van der Waals surface area contributed by atoms with Gasteiger partial charge in [-0.25, -0.2) is 4.98 Å². The topological polar surface area (TPSA) is 45.7 Å². The van der Waals surface area contributed by atoms with Crippen LogP contribution in [0.5, 0.6) is 5.75 Å². The first-order chi connectivity index (χ1) is 12.2. The number of methoxy groups -OCH3 is 1. The van der Waals surface area contributed by atoms with E-state index in [0.717, 1.165) is 54.7 Å². The molecule has 1 amide bonds. The molecule has 0 unspecified atom stereocenters. The van der Waals surface area contributed by atoms with Crippen LogP contribution in [0.4, 0.5) is 0 Å². The highest BCUT2D eigenvalue weighted by Crippen LogP contribution is 2.26. The molecule has 1 aromatic heterocycles. The SMILES string of the molecule is COc1cccc(-c2csc(CN3CCN(C(=O)CCCl)CC3)n2)c1. The number of nitrogens with zero attached hydrogens (tertiary/aromatic N) is 3. The standard InChI is InChI=1S/C18H22ClN3O2S/c1-24-15-4-2-3-14(11-15)16-13-25-17(20-16)12-21-7-9-22(10-8-21)18(23)5-6-19/h2-4,11,13H,5-10,12H2,1H3. The largest absolute Gasteiger partial charge is 0.497 e. The monoisotopic (exact) mass is 379 g/mol. The van der Waals surface area contributed by atoms with Crippen molar-refractivity contribution in [2.24, 2.45) is 0 Å². The number of thiazole rings is 1. The predicted octanol–water partition coefficient (Wildman–Crippen LogP) is 3.09. The van der Waals surface area contributed by atoms with Crippen LogP contribution < -0.4 is 4.74 Å². The Balaban J connectivity index is 1.56. The van der Waals surface area contributed by atoms with Crippen molar-refractivity contribution in [1.82, 2.24) is 14.8 Å². The number of rotatable bonds is 6. The minimum absolute atomic E-state index is 0.157. The third-order valence-corrected chi connectivity index (χ3v) is 5.33. The van der Waals surface area contributed by atoms with Gasteiger partial charge in [0, 0.05) is 49.4 Å². The average Bonchev–Trinajstić information content (AvgIpc) is 3.11. The fourth-order valence-corrected chi connectivity index (χ4v) is 3.89. The Hall–Kier alpha value is -1.63. The molecule has 0 bridgehead atoms. The summed E-state index contributed by atoms with van der Waals surface area (Å²) in [5.41, 5.74) is 2.05. The van der Waals surface area contributed by atoms with Gasteiger partial charge in [-0.05, 0) is 12.1 Å². The van der Waals surface area contributed by atoms with Crippen molar-refractivity contribution in [2.75, 3.05) is 39.2 Å². The number of alkyl halides is 1. The molecule has 3 rings (SSSR count). The Morgan fingerprint density at radius 1 is 1.32 bits per heavy atom. The van der Waals surface area contributed by atoms with Crippen LogP contribution in [-0.4, -0.2) is 59.9 Å². The molecule has 1 aliphatic rings. The molecule has 0 atom stereocenters. The minimum atomic E-state index is 0.157. The van der Waals surface area contributed by atoms with Crippen LogP contribution in [0, 0.1) is 0 Å². The molecule has 1 fully saturated rings. The van der Waals surface area contributed by atoms with Crippen molar-refractivity contribution in [3.05, 3.63) is 34.7 Å². The van der Waals surface area contributed by atoms with E-state index in [1.807, 2.05) is 29.2 Å². The van der Waals surface area contributed by atoms with Crippen LogP contribution in [0.1, 0.15) is 11.4 Å². The summed E-state index contributed by atoms with van der Waals surface area (Å²) in [6, 6.07) is 7.95. The van der Waals surface area contributed by atoms with E-state index in [-0.39, 0.29) is 5.91 Å². The number of aromatic nitrogens is 1. The average molecular weight is 380 g/mol. The fraction of sp³-hybridized carbons (Fsp3) is 0.444. The summed E-state index contributed by atoms with van der Waals surface area (Å²) in [4.78, 5) is 20.9. The second-order valence-electron chi connectivity index (χ2n) is 5.95. The summed E-state index contributed by atoms with van der Waals surface area (Å²) in [7, 11) is 1.67. The van der Waals surface area contributed by atoms with E-state index >= 15 is 0 Å². The lowest BCUT2D eigenvalue weighted by molar-refractivity contribution is -0.132. The number of ether oxygens (including phenoxy) is 1. The quantitative estimate of drug-likeness (QED) is 0.723. The number of hydrogen-bond acceptors (Lipinski definition) is 5. The van der Waals surface area contributed by atoms with Gasteiger partial charge in [0.15, 0.2) is 0 Å². The summed E-state index contributed by atoms with van der Waals surface area (Å²) in [6.07, 6.45) is 0.429. The summed E-state index contributed by atoms with van der Waals surface area (Å²) in [5.74, 6) is 1.39. The zero-order chi connectivity index (χ0) is 17.6. The normalized spacial score (nSPS) is 15.4. The first-order valence-electron chi connectivity index (χ1n) is 8.34. The van der Waals surface area contributed by atoms with Crippen LogP contribution in [0.2, 0.25) is 0 Å². The van der Waals surface area contributed by atoms with Crippen LogP contribution in [0.15, 0.2) is 29.6 Å². The van der Waals surface area contributed by atoms with Crippen molar-refractivity contribution in [1.29, 1.82) is 0 Å². The molecule has 1 saturated heterocycles. The summed E-state index contributed by atoms with van der Waals surface area (Å²) in [6.45, 7) is 4.12. The maximum atomic E-state index is 11.9. The minimum Gasteiger partial charge on any atom is -0.497 e. The molecule has 5 nitrogen and oxygen atoms in total. The third-order valence-electron chi connectivity index (χ3n) is 4.31. The van der Waals surface area contributed by atoms with E-state index in [2.05, 4.69) is 10.3 Å². The highest BCUT2D eigenvalue weighted by Gasteiger charge is 2.21. The number of halogens is 1. The Kier molecular flexibility index (Phi) is 6.29. The van der Waals surface area contributed by atoms with Crippen LogP contribution in [-0.2, 0) is 11.3 Å². The van der Waals surface area contributed by atoms with Gasteiger partial charge in [0.2, 0.25) is 5.91 Å². The van der Waals surface area contributed by atoms with Crippen molar-refractivity contribution in [3.8, 4) is 17.0 Å². The Morgan fingerprint density at radius 2 is 2.12 bits per heavy atom. The second-order valence-corrected chi connectivity index (χ2v) is 7.27. The maximum Gasteiger partial charge on any atom is 0.223 e. The van der Waals surface area contributed by atoms with Crippen molar-refractivity contribution >= 4 is 28.8 Å². The number of carbonyl (C=O) groups excluding carboxylic acids is 1. The van der Waals surface area contributed by atoms with Crippen molar-refractivity contribution in [3.63, 3.8) is 0 Å². The highest BCUT2D eigenvalue weighted by atomic mass is 35.5. The van der Waals surface area contributed by atoms with Crippen LogP contribution in [0.3, 0.4) is 0 Å². The van der Waals surface area contributed by atoms with Gasteiger partial charge < -0.3 is 9.64 Å². The molecule has 0 radical (unpaired) electrons. The number of hydrogen-bond donors (Lipinski definition) is 0. The lowest BCUT2D eigenvalue weighted by Gasteiger charge is -2.34. The van der Waals surface area contributed by atoms with Gasteiger partial charge in [-0.3, -0.25) is 9.69 Å². The molecule has 7 heteroatoms. The highest BCUT2D eigenvalue weighted by molar-refractivity contribution is 7.09. The van der Waals surface area contributed by atoms with E-state index in [1.165, 1.54) is 0 Å². The molecule has 25 heavy (non-hydrogen) atoms. The van der Waals surface area contributed by atoms with E-state index < -0.39 is 0 Å². The zero-order valence-corrected chi connectivity index (χ0v) is 15.9. The molecule has 2 heterocycles. The molecular weight excluding hydrogens is 358 g/mol. The van der Waals surface area contributed by atoms with Gasteiger partial charge in [0.05, 0.1) is 19.3 Å². The molecular formula is C18H22ClN3O2S. The molecule has 1 aromatic carbocycles. The number of amides is 1. The van der Waals surface area contributed by atoms with Gasteiger partial charge in [-0.15, -0.1) is 22.9 Å². The third kappa shape index (κ3) is 4.71. The molecule has 0 spiro atoms. The van der Waals surface area contributed by atoms with Gasteiger partial charge in [-0.1, -0.05) is 12.1 Å². The first-order valence-corrected chi connectivity index (χ1v) is 9.76. The van der Waals surface area contributed by atoms with E-state index in [0.29, 0.717) is 12.3 Å². The second kappa shape index (κ2) is 8.65. The summed E-state index contributed by atoms with van der Waals surface area (Å²) in [5, 5.41) is 3.18. The zero-order valence-electron chi connectivity index (χ0n) is 14.3. The van der Waals surface area contributed by atoms with E-state index in [9.17, 15) is 4.79 Å². The van der Waals surface area contributed by atoms with Gasteiger partial charge >= 0.3 is 0 Å². The Morgan fingerprint density at radius 3 is 2.84 bits per heavy atom. The number of piperazine rings is 1. The maximum absolute atomic E-state index is 11.9. The Bertz CT molecular complexity index is 714. The first kappa shape index (κ1) is 18.2. The van der Waals surface area contributed by atoms with Crippen molar-refractivity contribution in [2.45, 2.75) is 13.0 Å². The summed E-state index contributed by atoms with van der Waals surface area (Å²) >= 11 is 7.33. The van der Waals surface area contributed by atoms with Gasteiger partial charge in [-0.2, -0.15) is 0 Å². The molecule has 0 N–H and O–H groups in total. The lowest BCUT2D eigenvalue weighted by atomic mass is 10.2. The molecule has 2 aromatic rings. The van der Waals surface area contributed by atoms with E-state index in [1.54, 1.807) is 18.4 Å². The lowest BCUT2D eigenvalue weighted by Crippen LogP contribution is -2.48. The van der Waals surface area contributed by atoms with E-state index in [4.69, 9.17) is 21.3 Å². The molecule has 0 saturated carbocycles. The Labute approximate surface area is 157 Å². The summed E-state index contributed by atoms with van der Waals surface area (Å²) < 4.78 is 5.28. The smallest absolute Gasteiger partial charge is 0.223 e. The predicted molar refractivity (Wildman–Crippen MR) is 101 cm³/mol. The fourth-order valence-electron chi connectivity index (χ4n) is 2.88. The van der Waals surface area contributed by atoms with Gasteiger partial charge in [0.25, 0.3) is 0 Å². The molecule has 0 aliphatic carbocycles. The molecule has 1 aliphatic heterocycles. The van der Waals surface area contributed by atoms with Gasteiger partial charge in [0.1, 0.15) is 10.8 Å². The van der Waals surface area contributed by atoms with Crippen LogP contribution in [0.25, 0.3) is 11.3 Å². The molecule has 134 valence electrons.